The van der Waals surface area contributed by atoms with Gasteiger partial charge >= 0.3 is 0 Å². The number of nitrogens with one attached hydrogen (secondary N) is 1. The monoisotopic (exact) mass is 273 g/mol. The molecule has 2 heterocycles. The van der Waals surface area contributed by atoms with Crippen molar-refractivity contribution < 1.29 is 9.26 Å². The fraction of sp³-hybridized carbons (Fsp3) is 0.467. The number of aryl methyl sites for hydroxylation is 2. The zero-order valence-electron chi connectivity index (χ0n) is 11.8. The Morgan fingerprint density at radius 3 is 2.95 bits per heavy atom. The van der Waals surface area contributed by atoms with E-state index in [4.69, 9.17) is 9.26 Å². The number of nitrogens with zero attached hydrogens (tertiary/aromatic N) is 2. The summed E-state index contributed by atoms with van der Waals surface area (Å²) in [4.78, 5) is 4.47. The van der Waals surface area contributed by atoms with Gasteiger partial charge in [0.15, 0.2) is 0 Å². The van der Waals surface area contributed by atoms with Crippen LogP contribution in [0.5, 0.6) is 0 Å². The SMILES string of the molecule is Cc1ccc(-c2noc(CC3COCCN3)n2)cc1C. The molecule has 5 heteroatoms. The Labute approximate surface area is 118 Å². The molecule has 1 aliphatic rings. The normalized spacial score (nSPS) is 19.2. The average Bonchev–Trinajstić information content (AvgIpc) is 2.91. The molecule has 1 aliphatic heterocycles. The minimum absolute atomic E-state index is 0.261. The fourth-order valence-electron chi connectivity index (χ4n) is 2.30. The van der Waals surface area contributed by atoms with E-state index in [0.29, 0.717) is 24.7 Å². The van der Waals surface area contributed by atoms with Crippen LogP contribution < -0.4 is 5.32 Å². The molecular weight excluding hydrogens is 254 g/mol. The van der Waals surface area contributed by atoms with Crippen LogP contribution in [0.3, 0.4) is 0 Å². The van der Waals surface area contributed by atoms with Gasteiger partial charge in [0.1, 0.15) is 0 Å². The lowest BCUT2D eigenvalue weighted by Crippen LogP contribution is -2.42. The van der Waals surface area contributed by atoms with Gasteiger partial charge in [0, 0.05) is 24.6 Å². The Kier molecular flexibility index (Phi) is 3.80. The van der Waals surface area contributed by atoms with Crippen LogP contribution in [0.2, 0.25) is 0 Å². The van der Waals surface area contributed by atoms with Gasteiger partial charge in [-0.15, -0.1) is 0 Å². The van der Waals surface area contributed by atoms with E-state index < -0.39 is 0 Å². The molecule has 0 spiro atoms. The molecule has 1 N–H and O–H groups in total. The van der Waals surface area contributed by atoms with E-state index in [0.717, 1.165) is 18.7 Å². The van der Waals surface area contributed by atoms with E-state index >= 15 is 0 Å². The molecule has 0 aliphatic carbocycles. The third-order valence-corrected chi connectivity index (χ3v) is 3.65. The molecule has 106 valence electrons. The zero-order valence-corrected chi connectivity index (χ0v) is 11.8. The van der Waals surface area contributed by atoms with Crippen LogP contribution in [-0.2, 0) is 11.2 Å². The second-order valence-corrected chi connectivity index (χ2v) is 5.24. The van der Waals surface area contributed by atoms with E-state index in [9.17, 15) is 0 Å². The number of hydrogen-bond acceptors (Lipinski definition) is 5. The quantitative estimate of drug-likeness (QED) is 0.925. The number of aromatic nitrogens is 2. The van der Waals surface area contributed by atoms with Gasteiger partial charge in [-0.1, -0.05) is 17.3 Å². The molecule has 0 amide bonds. The minimum atomic E-state index is 0.261. The first-order valence-corrected chi connectivity index (χ1v) is 6.94. The van der Waals surface area contributed by atoms with Crippen molar-refractivity contribution in [2.24, 2.45) is 0 Å². The second kappa shape index (κ2) is 5.73. The topological polar surface area (TPSA) is 60.2 Å². The summed E-state index contributed by atoms with van der Waals surface area (Å²) in [6.07, 6.45) is 0.706. The standard InChI is InChI=1S/C15H19N3O2/c1-10-3-4-12(7-11(10)2)15-17-14(20-18-15)8-13-9-19-6-5-16-13/h3-4,7,13,16H,5-6,8-9H2,1-2H3. The van der Waals surface area contributed by atoms with Gasteiger partial charge in [0.25, 0.3) is 0 Å². The molecule has 1 aromatic carbocycles. The van der Waals surface area contributed by atoms with Crippen LogP contribution in [0.25, 0.3) is 11.4 Å². The van der Waals surface area contributed by atoms with Crippen LogP contribution in [0.4, 0.5) is 0 Å². The first-order valence-electron chi connectivity index (χ1n) is 6.94. The van der Waals surface area contributed by atoms with Crippen molar-refractivity contribution >= 4 is 0 Å². The van der Waals surface area contributed by atoms with Crippen molar-refractivity contribution in [2.45, 2.75) is 26.3 Å². The number of hydrogen-bond donors (Lipinski definition) is 1. The molecule has 0 saturated carbocycles. The first kappa shape index (κ1) is 13.3. The van der Waals surface area contributed by atoms with Gasteiger partial charge < -0.3 is 14.6 Å². The Bertz CT molecular complexity index is 589. The van der Waals surface area contributed by atoms with Gasteiger partial charge in [-0.25, -0.2) is 0 Å². The molecule has 1 aromatic heterocycles. The van der Waals surface area contributed by atoms with Crippen LogP contribution in [0, 0.1) is 13.8 Å². The van der Waals surface area contributed by atoms with Crippen molar-refractivity contribution in [3.63, 3.8) is 0 Å². The largest absolute Gasteiger partial charge is 0.378 e. The van der Waals surface area contributed by atoms with Gasteiger partial charge in [-0.05, 0) is 31.0 Å². The van der Waals surface area contributed by atoms with Crippen molar-refractivity contribution in [1.82, 2.24) is 15.5 Å². The highest BCUT2D eigenvalue weighted by Gasteiger charge is 2.17. The number of ether oxygens (including phenoxy) is 1. The fourth-order valence-corrected chi connectivity index (χ4v) is 2.30. The van der Waals surface area contributed by atoms with Gasteiger partial charge in [-0.3, -0.25) is 0 Å². The maximum Gasteiger partial charge on any atom is 0.228 e. The van der Waals surface area contributed by atoms with Gasteiger partial charge in [-0.2, -0.15) is 4.98 Å². The van der Waals surface area contributed by atoms with E-state index in [2.05, 4.69) is 41.4 Å². The van der Waals surface area contributed by atoms with E-state index in [1.54, 1.807) is 0 Å². The Morgan fingerprint density at radius 1 is 1.30 bits per heavy atom. The Morgan fingerprint density at radius 2 is 2.20 bits per heavy atom. The van der Waals surface area contributed by atoms with Crippen LogP contribution in [-0.4, -0.2) is 35.9 Å². The van der Waals surface area contributed by atoms with Crippen molar-refractivity contribution in [2.75, 3.05) is 19.8 Å². The summed E-state index contributed by atoms with van der Waals surface area (Å²) in [5, 5.41) is 7.45. The molecule has 1 saturated heterocycles. The van der Waals surface area contributed by atoms with Crippen molar-refractivity contribution in [3.8, 4) is 11.4 Å². The van der Waals surface area contributed by atoms with Crippen molar-refractivity contribution in [3.05, 3.63) is 35.2 Å². The lowest BCUT2D eigenvalue weighted by atomic mass is 10.1. The molecule has 0 radical (unpaired) electrons. The molecule has 1 atom stereocenters. The molecule has 3 rings (SSSR count). The maximum atomic E-state index is 5.42. The van der Waals surface area contributed by atoms with Crippen LogP contribution >= 0.6 is 0 Å². The predicted octanol–water partition coefficient (Wildman–Crippen LogP) is 1.88. The molecule has 1 fully saturated rings. The molecule has 5 nitrogen and oxygen atoms in total. The summed E-state index contributed by atoms with van der Waals surface area (Å²) >= 11 is 0. The average molecular weight is 273 g/mol. The summed E-state index contributed by atoms with van der Waals surface area (Å²) in [7, 11) is 0. The Balaban J connectivity index is 1.73. The Hall–Kier alpha value is -1.72. The van der Waals surface area contributed by atoms with Crippen LogP contribution in [0.15, 0.2) is 22.7 Å². The molecule has 0 bridgehead atoms. The van der Waals surface area contributed by atoms with Gasteiger partial charge in [0.05, 0.1) is 13.2 Å². The van der Waals surface area contributed by atoms with Crippen LogP contribution in [0.1, 0.15) is 17.0 Å². The molecular formula is C15H19N3O2. The van der Waals surface area contributed by atoms with Gasteiger partial charge in [0.2, 0.25) is 11.7 Å². The lowest BCUT2D eigenvalue weighted by molar-refractivity contribution is 0.0744. The summed E-state index contributed by atoms with van der Waals surface area (Å²) in [6.45, 7) is 6.52. The predicted molar refractivity (Wildman–Crippen MR) is 75.5 cm³/mol. The summed E-state index contributed by atoms with van der Waals surface area (Å²) in [6, 6.07) is 6.46. The zero-order chi connectivity index (χ0) is 13.9. The molecule has 1 unspecified atom stereocenters. The highest BCUT2D eigenvalue weighted by Crippen LogP contribution is 2.19. The highest BCUT2D eigenvalue weighted by molar-refractivity contribution is 5.56. The second-order valence-electron chi connectivity index (χ2n) is 5.24. The highest BCUT2D eigenvalue weighted by atomic mass is 16.5. The third-order valence-electron chi connectivity index (χ3n) is 3.65. The smallest absolute Gasteiger partial charge is 0.228 e. The van der Waals surface area contributed by atoms with E-state index in [1.165, 1.54) is 11.1 Å². The minimum Gasteiger partial charge on any atom is -0.378 e. The third kappa shape index (κ3) is 2.89. The first-order chi connectivity index (χ1) is 9.72. The number of rotatable bonds is 3. The van der Waals surface area contributed by atoms with E-state index in [1.807, 2.05) is 6.07 Å². The molecule has 2 aromatic rings. The lowest BCUT2D eigenvalue weighted by Gasteiger charge is -2.22. The molecule has 20 heavy (non-hydrogen) atoms. The summed E-state index contributed by atoms with van der Waals surface area (Å²) in [5.41, 5.74) is 3.49. The summed E-state index contributed by atoms with van der Waals surface area (Å²) in [5.74, 6) is 1.31. The maximum absolute atomic E-state index is 5.42. The number of morpholine rings is 1. The van der Waals surface area contributed by atoms with E-state index in [-0.39, 0.29) is 6.04 Å². The summed E-state index contributed by atoms with van der Waals surface area (Å²) < 4.78 is 10.8. The van der Waals surface area contributed by atoms with Crippen molar-refractivity contribution in [1.29, 1.82) is 0 Å². The number of benzene rings is 1.